The van der Waals surface area contributed by atoms with Gasteiger partial charge in [0, 0.05) is 26.1 Å². The van der Waals surface area contributed by atoms with E-state index in [0.29, 0.717) is 0 Å². The first kappa shape index (κ1) is 18.7. The molecule has 0 unspecified atom stereocenters. The van der Waals surface area contributed by atoms with Crippen molar-refractivity contribution in [1.82, 2.24) is 0 Å². The molecule has 136 valence electrons. The van der Waals surface area contributed by atoms with E-state index in [4.69, 9.17) is 14.2 Å². The quantitative estimate of drug-likeness (QED) is 0.349. The van der Waals surface area contributed by atoms with Gasteiger partial charge in [0.1, 0.15) is 10.6 Å². The van der Waals surface area contributed by atoms with E-state index in [1.54, 1.807) is 0 Å². The molecule has 10 heteroatoms. The fourth-order valence-corrected chi connectivity index (χ4v) is 2.88. The average molecular weight is 371 g/mol. The summed E-state index contributed by atoms with van der Waals surface area (Å²) in [5, 5.41) is 2.68. The predicted molar refractivity (Wildman–Crippen MR) is 85.5 cm³/mol. The van der Waals surface area contributed by atoms with Crippen molar-refractivity contribution < 1.29 is 36.8 Å². The summed E-state index contributed by atoms with van der Waals surface area (Å²) in [7, 11) is -3.13. The predicted octanol–water partition coefficient (Wildman–Crippen LogP) is 1.38. The molecule has 0 aliphatic carbocycles. The van der Waals surface area contributed by atoms with E-state index in [0.717, 1.165) is 12.3 Å². The normalized spacial score (nSPS) is 16.8. The lowest BCUT2D eigenvalue weighted by Crippen LogP contribution is -2.42. The Hall–Kier alpha value is -2.59. The molecule has 0 radical (unpaired) electrons. The number of cyclic esters (lactones) is 2. The van der Waals surface area contributed by atoms with Gasteiger partial charge in [-0.3, -0.25) is 4.55 Å². The summed E-state index contributed by atoms with van der Waals surface area (Å²) in [6, 6.07) is 2.49. The van der Waals surface area contributed by atoms with E-state index in [1.807, 2.05) is 0 Å². The maximum Gasteiger partial charge on any atom is 0.350 e. The van der Waals surface area contributed by atoms with Crippen LogP contribution in [-0.4, -0.2) is 37.8 Å². The third-order valence-electron chi connectivity index (χ3n) is 3.26. The zero-order chi connectivity index (χ0) is 19.0. The number of hydrogen-bond donors (Lipinski definition) is 2. The molecule has 2 rings (SSSR count). The summed E-state index contributed by atoms with van der Waals surface area (Å²) >= 11 is 0. The minimum atomic E-state index is -4.42. The molecule has 0 saturated carbocycles. The van der Waals surface area contributed by atoms with Crippen LogP contribution in [0.5, 0.6) is 5.75 Å². The molecule has 2 N–H and O–H groups in total. The minimum Gasteiger partial charge on any atom is -0.495 e. The van der Waals surface area contributed by atoms with Gasteiger partial charge in [-0.05, 0) is 18.6 Å². The standard InChI is InChI=1S/C15H17NO8S/c1-8-5-10(11(22-4)6-12(8)25(19,20)21)16-7-9-13(17)23-15(2,3)24-14(9)18/h5-7,16H,1-4H3,(H,19,20,21). The molecule has 1 aliphatic rings. The van der Waals surface area contributed by atoms with Crippen molar-refractivity contribution in [3.05, 3.63) is 29.5 Å². The van der Waals surface area contributed by atoms with Crippen LogP contribution in [0.1, 0.15) is 19.4 Å². The molecule has 1 aromatic carbocycles. The summed E-state index contributed by atoms with van der Waals surface area (Å²) in [5.41, 5.74) is 0.141. The summed E-state index contributed by atoms with van der Waals surface area (Å²) in [5.74, 6) is -3.00. The molecular weight excluding hydrogens is 354 g/mol. The molecule has 0 atom stereocenters. The SMILES string of the molecule is COc1cc(S(=O)(=O)O)c(C)cc1NC=C1C(=O)OC(C)(C)OC1=O. The average Bonchev–Trinajstić information content (AvgIpc) is 2.43. The van der Waals surface area contributed by atoms with Crippen LogP contribution < -0.4 is 10.1 Å². The topological polar surface area (TPSA) is 128 Å². The first-order chi connectivity index (χ1) is 11.4. The fraction of sp³-hybridized carbons (Fsp3) is 0.333. The van der Waals surface area contributed by atoms with Crippen molar-refractivity contribution in [3.63, 3.8) is 0 Å². The second-order valence-electron chi connectivity index (χ2n) is 5.67. The molecular formula is C15H17NO8S. The molecule has 0 aromatic heterocycles. The van der Waals surface area contributed by atoms with Crippen LogP contribution in [0, 0.1) is 6.92 Å². The number of carbonyl (C=O) groups excluding carboxylic acids is 2. The van der Waals surface area contributed by atoms with Crippen LogP contribution >= 0.6 is 0 Å². The Bertz CT molecular complexity index is 848. The lowest BCUT2D eigenvalue weighted by molar-refractivity contribution is -0.222. The third kappa shape index (κ3) is 4.09. The number of esters is 2. The van der Waals surface area contributed by atoms with Gasteiger partial charge in [-0.1, -0.05) is 0 Å². The van der Waals surface area contributed by atoms with E-state index in [2.05, 4.69) is 5.32 Å². The summed E-state index contributed by atoms with van der Waals surface area (Å²) < 4.78 is 46.8. The Kier molecular flexibility index (Phi) is 4.78. The second-order valence-corrected chi connectivity index (χ2v) is 7.06. The van der Waals surface area contributed by atoms with Gasteiger partial charge in [0.05, 0.1) is 12.8 Å². The number of carbonyl (C=O) groups is 2. The number of methoxy groups -OCH3 is 1. The van der Waals surface area contributed by atoms with Crippen LogP contribution in [0.2, 0.25) is 0 Å². The second kappa shape index (κ2) is 6.37. The molecule has 1 fully saturated rings. The zero-order valence-electron chi connectivity index (χ0n) is 13.9. The highest BCUT2D eigenvalue weighted by molar-refractivity contribution is 7.85. The van der Waals surface area contributed by atoms with E-state index >= 15 is 0 Å². The van der Waals surface area contributed by atoms with Gasteiger partial charge in [-0.15, -0.1) is 0 Å². The van der Waals surface area contributed by atoms with Crippen molar-refractivity contribution in [2.75, 3.05) is 12.4 Å². The van der Waals surface area contributed by atoms with Gasteiger partial charge in [-0.2, -0.15) is 8.42 Å². The maximum atomic E-state index is 11.9. The van der Waals surface area contributed by atoms with Crippen LogP contribution in [0.4, 0.5) is 5.69 Å². The molecule has 0 amide bonds. The zero-order valence-corrected chi connectivity index (χ0v) is 14.8. The number of hydrogen-bond acceptors (Lipinski definition) is 8. The first-order valence-corrected chi connectivity index (χ1v) is 8.48. The largest absolute Gasteiger partial charge is 0.495 e. The molecule has 1 aromatic rings. The van der Waals surface area contributed by atoms with Crippen LogP contribution in [-0.2, 0) is 29.2 Å². The molecule has 0 bridgehead atoms. The Balaban J connectivity index is 2.36. The van der Waals surface area contributed by atoms with Gasteiger partial charge in [0.25, 0.3) is 15.9 Å². The van der Waals surface area contributed by atoms with E-state index in [1.165, 1.54) is 33.9 Å². The molecule has 1 heterocycles. The van der Waals surface area contributed by atoms with Crippen molar-refractivity contribution in [2.45, 2.75) is 31.5 Å². The van der Waals surface area contributed by atoms with Gasteiger partial charge < -0.3 is 19.5 Å². The Morgan fingerprint density at radius 3 is 2.24 bits per heavy atom. The number of benzene rings is 1. The highest BCUT2D eigenvalue weighted by atomic mass is 32.2. The lowest BCUT2D eigenvalue weighted by Gasteiger charge is -2.29. The van der Waals surface area contributed by atoms with Crippen LogP contribution in [0.25, 0.3) is 0 Å². The number of nitrogens with one attached hydrogen (secondary N) is 1. The van der Waals surface area contributed by atoms with Crippen molar-refractivity contribution in [3.8, 4) is 5.75 Å². The Labute approximate surface area is 144 Å². The van der Waals surface area contributed by atoms with E-state index in [9.17, 15) is 22.6 Å². The van der Waals surface area contributed by atoms with E-state index in [-0.39, 0.29) is 27.5 Å². The number of aryl methyl sites for hydroxylation is 1. The third-order valence-corrected chi connectivity index (χ3v) is 4.26. The molecule has 9 nitrogen and oxygen atoms in total. The number of anilines is 1. The van der Waals surface area contributed by atoms with Gasteiger partial charge in [0.15, 0.2) is 5.57 Å². The Morgan fingerprint density at radius 1 is 1.20 bits per heavy atom. The molecule has 1 aliphatic heterocycles. The summed E-state index contributed by atoms with van der Waals surface area (Å²) in [4.78, 5) is 23.4. The minimum absolute atomic E-state index is 0.0768. The summed E-state index contributed by atoms with van der Waals surface area (Å²) in [6.45, 7) is 4.31. The number of rotatable bonds is 4. The monoisotopic (exact) mass is 371 g/mol. The molecule has 1 saturated heterocycles. The lowest BCUT2D eigenvalue weighted by atomic mass is 10.2. The highest BCUT2D eigenvalue weighted by Crippen LogP contribution is 2.31. The van der Waals surface area contributed by atoms with Crippen LogP contribution in [0.15, 0.2) is 28.8 Å². The van der Waals surface area contributed by atoms with Gasteiger partial charge in [-0.25, -0.2) is 9.59 Å². The molecule has 25 heavy (non-hydrogen) atoms. The molecule has 0 spiro atoms. The van der Waals surface area contributed by atoms with Crippen molar-refractivity contribution in [1.29, 1.82) is 0 Å². The Morgan fingerprint density at radius 2 is 1.76 bits per heavy atom. The van der Waals surface area contributed by atoms with E-state index < -0.39 is 27.8 Å². The first-order valence-electron chi connectivity index (χ1n) is 7.04. The number of ether oxygens (including phenoxy) is 3. The van der Waals surface area contributed by atoms with Crippen molar-refractivity contribution >= 4 is 27.7 Å². The highest BCUT2D eigenvalue weighted by Gasteiger charge is 2.39. The van der Waals surface area contributed by atoms with Crippen molar-refractivity contribution in [2.24, 2.45) is 0 Å². The summed E-state index contributed by atoms with van der Waals surface area (Å²) in [6.07, 6.45) is 1.07. The fourth-order valence-electron chi connectivity index (χ4n) is 2.16. The smallest absolute Gasteiger partial charge is 0.350 e. The van der Waals surface area contributed by atoms with Crippen LogP contribution in [0.3, 0.4) is 0 Å². The maximum absolute atomic E-state index is 11.9. The van der Waals surface area contributed by atoms with Gasteiger partial charge >= 0.3 is 11.9 Å². The van der Waals surface area contributed by atoms with Gasteiger partial charge in [0.2, 0.25) is 0 Å².